The molecule has 3 heterocycles. The smallest absolute Gasteiger partial charge is 0.251 e. The first kappa shape index (κ1) is 69.5. The number of benzene rings is 5. The number of aromatic nitrogens is 1. The molecule has 0 spiro atoms. The summed E-state index contributed by atoms with van der Waals surface area (Å²) in [6, 6.07) is 40.7. The van der Waals surface area contributed by atoms with Crippen LogP contribution in [0.3, 0.4) is 0 Å². The summed E-state index contributed by atoms with van der Waals surface area (Å²) >= 11 is 1.50. The van der Waals surface area contributed by atoms with Gasteiger partial charge in [-0.2, -0.15) is 11.8 Å². The summed E-state index contributed by atoms with van der Waals surface area (Å²) in [4.78, 5) is 139. The topological polar surface area (TPSA) is 283 Å². The molecule has 5 aromatic carbocycles. The molecular weight excluding hydrogens is 1210 g/mol. The third-order valence-corrected chi connectivity index (χ3v) is 18.5. The van der Waals surface area contributed by atoms with Gasteiger partial charge in [-0.25, -0.2) is 0 Å². The Morgan fingerprint density at radius 2 is 1.03 bits per heavy atom. The van der Waals surface area contributed by atoms with Gasteiger partial charge in [0.2, 0.25) is 47.3 Å². The monoisotopic (exact) mass is 1300 g/mol. The summed E-state index contributed by atoms with van der Waals surface area (Å²) in [6.07, 6.45) is 8.74. The second-order valence-electron chi connectivity index (χ2n) is 25.5. The van der Waals surface area contributed by atoms with Gasteiger partial charge in [0.05, 0.1) is 44.3 Å². The molecule has 2 saturated carbocycles. The van der Waals surface area contributed by atoms with Crippen molar-refractivity contribution in [2.24, 2.45) is 23.3 Å². The molecule has 2 aliphatic carbocycles. The third-order valence-electron chi connectivity index (χ3n) is 17.5. The van der Waals surface area contributed by atoms with E-state index < -0.39 is 67.4 Å². The lowest BCUT2D eigenvalue weighted by molar-refractivity contribution is -0.139. The second kappa shape index (κ2) is 35.4. The van der Waals surface area contributed by atoms with Crippen LogP contribution in [0.15, 0.2) is 146 Å². The molecule has 4 atom stereocenters. The van der Waals surface area contributed by atoms with Crippen LogP contribution in [-0.2, 0) is 69.8 Å². The van der Waals surface area contributed by atoms with E-state index in [1.54, 1.807) is 12.1 Å². The lowest BCUT2D eigenvalue weighted by Crippen LogP contribution is -2.55. The van der Waals surface area contributed by atoms with E-state index in [9.17, 15) is 43.2 Å². The molecule has 498 valence electrons. The van der Waals surface area contributed by atoms with Crippen LogP contribution in [0.2, 0.25) is 0 Å². The van der Waals surface area contributed by atoms with E-state index in [-0.39, 0.29) is 113 Å². The Bertz CT molecular complexity index is 3490. The molecule has 1 aromatic heterocycles. The number of para-hydroxylation sites is 1. The van der Waals surface area contributed by atoms with E-state index in [0.717, 1.165) is 64.4 Å². The average molecular weight is 1300 g/mol. The quantitative estimate of drug-likeness (QED) is 0.0352. The first-order chi connectivity index (χ1) is 45.6. The Hall–Kier alpha value is -8.82. The maximum absolute atomic E-state index is 14.9. The van der Waals surface area contributed by atoms with E-state index in [1.165, 1.54) is 31.4 Å². The van der Waals surface area contributed by atoms with E-state index in [0.29, 0.717) is 55.7 Å². The van der Waals surface area contributed by atoms with E-state index in [1.807, 2.05) is 134 Å². The van der Waals surface area contributed by atoms with Gasteiger partial charge in [-0.1, -0.05) is 128 Å². The van der Waals surface area contributed by atoms with Crippen molar-refractivity contribution in [1.29, 1.82) is 0 Å². The van der Waals surface area contributed by atoms with Crippen molar-refractivity contribution >= 4 is 75.8 Å². The van der Waals surface area contributed by atoms with Gasteiger partial charge in [0.1, 0.15) is 0 Å². The number of aryl methyl sites for hydroxylation is 1. The Morgan fingerprint density at radius 1 is 0.532 bits per heavy atom. The average Bonchev–Trinajstić information content (AvgIpc) is 2.01. The molecule has 6 aromatic rings. The van der Waals surface area contributed by atoms with Crippen LogP contribution in [0.25, 0.3) is 10.9 Å². The first-order valence-corrected chi connectivity index (χ1v) is 34.4. The highest BCUT2D eigenvalue weighted by Crippen LogP contribution is 2.34. The van der Waals surface area contributed by atoms with Gasteiger partial charge in [0, 0.05) is 92.1 Å². The van der Waals surface area contributed by atoms with E-state index >= 15 is 0 Å². The van der Waals surface area contributed by atoms with Crippen molar-refractivity contribution in [3.8, 4) is 0 Å². The summed E-state index contributed by atoms with van der Waals surface area (Å²) in [6.45, 7) is -1.36. The number of amides is 9. The molecule has 1 unspecified atom stereocenters. The number of nitrogens with one attached hydrogen (secondary N) is 5. The number of hydrogen-bond acceptors (Lipinski definition) is 11. The van der Waals surface area contributed by atoms with Gasteiger partial charge in [-0.05, 0) is 129 Å². The fourth-order valence-corrected chi connectivity index (χ4v) is 13.1. The highest BCUT2D eigenvalue weighted by Gasteiger charge is 2.34. The number of unbranched alkanes of at least 4 members (excludes halogenated alkanes) is 1. The van der Waals surface area contributed by atoms with Crippen LogP contribution in [0, 0.1) is 11.8 Å². The number of hydrogen-bond donors (Lipinski definition) is 7. The number of H-pyrrole nitrogens is 1. The molecule has 2 bridgehead atoms. The normalized spacial score (nSPS) is 19.9. The predicted molar refractivity (Wildman–Crippen MR) is 364 cm³/mol. The van der Waals surface area contributed by atoms with E-state index in [2.05, 4.69) is 26.3 Å². The third kappa shape index (κ3) is 23.0. The highest BCUT2D eigenvalue weighted by molar-refractivity contribution is 7.98. The van der Waals surface area contributed by atoms with Crippen LogP contribution < -0.4 is 32.7 Å². The zero-order valence-electron chi connectivity index (χ0n) is 53.7. The lowest BCUT2D eigenvalue weighted by Gasteiger charge is -2.32. The predicted octanol–water partition coefficient (Wildman–Crippen LogP) is 6.25. The van der Waals surface area contributed by atoms with Crippen LogP contribution in [-0.4, -0.2) is 167 Å². The van der Waals surface area contributed by atoms with Crippen molar-refractivity contribution in [1.82, 2.24) is 45.9 Å². The standard InChI is InChI=1S/C73H91N11O9S/c74-34-13-12-20-59-42-82(69(89)32-29-51-14-4-1-5-15-51)47-67(87)78-60(36-52-16-6-2-7-17-52)43-81(46-65(75)85)70(90)33-35-94-50-56-27-30-57(31-28-56)73(93)80-61(37-53-18-8-3-9-19-53)44-83(71(91)38-54-23-24-54)49-68(88)79-62(40-58-41-76-64-22-11-10-21-63(58)64)45-84(48-66(86)77-59)72(92)39-55-25-26-55/h1-11,14-19,21-22,27-28,30-31,41,54-55,59-62,76H,12-13,20,23-26,29,32-40,42-50,74H2,(H2,75,85)(H,77,86)(H,78,87)(H,79,88)(H,80,93)/t59-,60-,61?,62-/m0/s1. The Morgan fingerprint density at radius 3 is 1.59 bits per heavy atom. The van der Waals surface area contributed by atoms with Crippen LogP contribution >= 0.6 is 11.8 Å². The molecule has 21 heteroatoms. The summed E-state index contributed by atoms with van der Waals surface area (Å²) < 4.78 is 0. The van der Waals surface area contributed by atoms with Gasteiger partial charge in [-0.15, -0.1) is 0 Å². The van der Waals surface area contributed by atoms with Gasteiger partial charge >= 0.3 is 0 Å². The second-order valence-corrected chi connectivity index (χ2v) is 26.6. The van der Waals surface area contributed by atoms with Crippen LogP contribution in [0.4, 0.5) is 0 Å². The largest absolute Gasteiger partial charge is 0.368 e. The molecule has 9 N–H and O–H groups in total. The number of carbonyl (C=O) groups excluding carboxylic acids is 9. The Balaban J connectivity index is 1.05. The zero-order chi connectivity index (χ0) is 66.2. The van der Waals surface area contributed by atoms with Gasteiger partial charge in [-0.3, -0.25) is 43.2 Å². The maximum atomic E-state index is 14.9. The fraction of sp³-hybridized carbons (Fsp3) is 0.438. The van der Waals surface area contributed by atoms with Gasteiger partial charge < -0.3 is 57.3 Å². The molecule has 4 aliphatic rings. The van der Waals surface area contributed by atoms with Crippen molar-refractivity contribution in [3.63, 3.8) is 0 Å². The maximum Gasteiger partial charge on any atom is 0.251 e. The molecule has 10 rings (SSSR count). The number of thioether (sulfide) groups is 1. The zero-order valence-corrected chi connectivity index (χ0v) is 54.5. The lowest BCUT2D eigenvalue weighted by atomic mass is 10.0. The molecule has 94 heavy (non-hydrogen) atoms. The molecule has 20 nitrogen and oxygen atoms in total. The van der Waals surface area contributed by atoms with Crippen molar-refractivity contribution in [3.05, 3.63) is 179 Å². The van der Waals surface area contributed by atoms with Crippen molar-refractivity contribution in [2.75, 3.05) is 64.7 Å². The fourth-order valence-electron chi connectivity index (χ4n) is 12.2. The Kier molecular flexibility index (Phi) is 26.2. The number of fused-ring (bicyclic) bond motifs is 30. The summed E-state index contributed by atoms with van der Waals surface area (Å²) in [7, 11) is 0. The van der Waals surface area contributed by atoms with Crippen LogP contribution in [0.5, 0.6) is 0 Å². The number of aromatic amines is 1. The minimum atomic E-state index is -0.762. The minimum Gasteiger partial charge on any atom is -0.368 e. The highest BCUT2D eigenvalue weighted by atomic mass is 32.2. The van der Waals surface area contributed by atoms with Crippen molar-refractivity contribution < 1.29 is 43.2 Å². The molecular formula is C73H91N11O9S. The van der Waals surface area contributed by atoms with Crippen molar-refractivity contribution in [2.45, 2.75) is 126 Å². The molecule has 0 saturated heterocycles. The summed E-state index contributed by atoms with van der Waals surface area (Å²) in [5, 5.41) is 13.6. The summed E-state index contributed by atoms with van der Waals surface area (Å²) in [5.41, 5.74) is 17.5. The SMILES string of the molecule is NCCCC[C@H]1CN(C(=O)CCc2ccccc2)CC(=O)N[C@@H](Cc2ccccc2)CN(CC(N)=O)C(=O)CCSCc2ccc(cc2)C(=O)NC(Cc2ccccc2)CN(C(=O)CC2CC2)CC(=O)N[C@@H](Cc2c[nH]c3ccccc23)CN(C(=O)CC2CC2)CC(=O)N1. The molecule has 2 aliphatic heterocycles. The molecule has 0 radical (unpaired) electrons. The van der Waals surface area contributed by atoms with Gasteiger partial charge in [0.15, 0.2) is 0 Å². The first-order valence-electron chi connectivity index (χ1n) is 33.2. The van der Waals surface area contributed by atoms with E-state index in [4.69, 9.17) is 11.5 Å². The van der Waals surface area contributed by atoms with Gasteiger partial charge in [0.25, 0.3) is 5.91 Å². The number of carbonyl (C=O) groups is 9. The molecule has 9 amide bonds. The minimum absolute atomic E-state index is 0.0179. The summed E-state index contributed by atoms with van der Waals surface area (Å²) in [5.74, 6) is -2.56. The number of nitrogens with zero attached hydrogens (tertiary/aromatic N) is 4. The number of primary amides is 1. The number of rotatable bonds is 19. The van der Waals surface area contributed by atoms with Crippen LogP contribution in [0.1, 0.15) is 109 Å². The Labute approximate surface area is 555 Å². The number of nitrogens with two attached hydrogens (primary N) is 2. The molecule has 2 fully saturated rings.